The van der Waals surface area contributed by atoms with E-state index < -0.39 is 0 Å². The molecule has 0 radical (unpaired) electrons. The topological polar surface area (TPSA) is 53.4 Å². The number of aryl methyl sites for hydroxylation is 1. The predicted molar refractivity (Wildman–Crippen MR) is 70.9 cm³/mol. The maximum absolute atomic E-state index is 12.5. The van der Waals surface area contributed by atoms with E-state index in [0.717, 1.165) is 0 Å². The number of benzene rings is 1. The second-order valence-corrected chi connectivity index (χ2v) is 3.93. The van der Waals surface area contributed by atoms with E-state index in [1.807, 2.05) is 6.92 Å². The predicted octanol–water partition coefficient (Wildman–Crippen LogP) is 2.15. The van der Waals surface area contributed by atoms with Gasteiger partial charge in [-0.05, 0) is 25.1 Å². The fourth-order valence-corrected chi connectivity index (χ4v) is 1.90. The molecule has 1 aromatic carbocycles. The van der Waals surface area contributed by atoms with Crippen molar-refractivity contribution in [2.75, 3.05) is 14.2 Å². The van der Waals surface area contributed by atoms with E-state index in [0.29, 0.717) is 29.3 Å². The number of hydrogen-bond donors (Lipinski definition) is 0. The van der Waals surface area contributed by atoms with Crippen molar-refractivity contribution in [3.63, 3.8) is 0 Å². The van der Waals surface area contributed by atoms with E-state index in [-0.39, 0.29) is 5.78 Å². The van der Waals surface area contributed by atoms with Crippen LogP contribution in [-0.2, 0) is 6.54 Å². The molecule has 5 heteroatoms. The van der Waals surface area contributed by atoms with Crippen LogP contribution in [0.3, 0.4) is 0 Å². The minimum atomic E-state index is -0.112. The van der Waals surface area contributed by atoms with Crippen LogP contribution in [0.2, 0.25) is 0 Å². The number of carbonyl (C=O) groups excluding carboxylic acids is 1. The lowest BCUT2D eigenvalue weighted by Gasteiger charge is -2.10. The summed E-state index contributed by atoms with van der Waals surface area (Å²) in [6, 6.07) is 6.84. The van der Waals surface area contributed by atoms with Crippen LogP contribution in [0.15, 0.2) is 30.5 Å². The largest absolute Gasteiger partial charge is 0.497 e. The first-order valence-corrected chi connectivity index (χ1v) is 5.99. The van der Waals surface area contributed by atoms with E-state index in [2.05, 4.69) is 5.10 Å². The number of ether oxygens (including phenoxy) is 2. The van der Waals surface area contributed by atoms with Gasteiger partial charge in [0, 0.05) is 18.8 Å². The summed E-state index contributed by atoms with van der Waals surface area (Å²) >= 11 is 0. The summed E-state index contributed by atoms with van der Waals surface area (Å²) in [4.78, 5) is 12.5. The molecule has 0 bridgehead atoms. The Morgan fingerprint density at radius 1 is 1.26 bits per heavy atom. The molecular weight excluding hydrogens is 244 g/mol. The number of aromatic nitrogens is 2. The average Bonchev–Trinajstić information content (AvgIpc) is 2.94. The number of nitrogens with zero attached hydrogens (tertiary/aromatic N) is 2. The van der Waals surface area contributed by atoms with Gasteiger partial charge in [0.05, 0.1) is 19.8 Å². The first kappa shape index (κ1) is 13.1. The standard InChI is InChI=1S/C14H16N2O3/c1-4-16-12(7-8-15-16)14(17)11-6-5-10(18-2)9-13(11)19-3/h5-9H,4H2,1-3H3. The van der Waals surface area contributed by atoms with Gasteiger partial charge < -0.3 is 9.47 Å². The van der Waals surface area contributed by atoms with Gasteiger partial charge in [-0.1, -0.05) is 0 Å². The van der Waals surface area contributed by atoms with Gasteiger partial charge in [0.15, 0.2) is 0 Å². The highest BCUT2D eigenvalue weighted by atomic mass is 16.5. The fourth-order valence-electron chi connectivity index (χ4n) is 1.90. The highest BCUT2D eigenvalue weighted by Crippen LogP contribution is 2.26. The Morgan fingerprint density at radius 3 is 2.68 bits per heavy atom. The lowest BCUT2D eigenvalue weighted by molar-refractivity contribution is 0.102. The maximum Gasteiger partial charge on any atom is 0.214 e. The summed E-state index contributed by atoms with van der Waals surface area (Å²) in [6.45, 7) is 2.58. The monoisotopic (exact) mass is 260 g/mol. The minimum absolute atomic E-state index is 0.112. The molecule has 2 rings (SSSR count). The molecule has 0 saturated heterocycles. The van der Waals surface area contributed by atoms with Crippen LogP contribution in [0.1, 0.15) is 23.0 Å². The van der Waals surface area contributed by atoms with E-state index in [1.165, 1.54) is 7.11 Å². The van der Waals surface area contributed by atoms with Crippen LogP contribution in [0, 0.1) is 0 Å². The SMILES string of the molecule is CCn1nccc1C(=O)c1ccc(OC)cc1OC. The normalized spacial score (nSPS) is 10.3. The summed E-state index contributed by atoms with van der Waals surface area (Å²) in [6.07, 6.45) is 1.62. The van der Waals surface area contributed by atoms with Crippen LogP contribution in [0.5, 0.6) is 11.5 Å². The van der Waals surface area contributed by atoms with Crippen molar-refractivity contribution in [3.8, 4) is 11.5 Å². The summed E-state index contributed by atoms with van der Waals surface area (Å²) in [5.41, 5.74) is 1.05. The van der Waals surface area contributed by atoms with E-state index in [1.54, 1.807) is 42.3 Å². The third-order valence-electron chi connectivity index (χ3n) is 2.90. The third-order valence-corrected chi connectivity index (χ3v) is 2.90. The molecule has 2 aromatic rings. The molecule has 5 nitrogen and oxygen atoms in total. The van der Waals surface area contributed by atoms with Crippen LogP contribution in [0.25, 0.3) is 0 Å². The van der Waals surface area contributed by atoms with Crippen molar-refractivity contribution >= 4 is 5.78 Å². The maximum atomic E-state index is 12.5. The number of carbonyl (C=O) groups is 1. The van der Waals surface area contributed by atoms with E-state index in [9.17, 15) is 4.79 Å². The Bertz CT molecular complexity index is 590. The second-order valence-electron chi connectivity index (χ2n) is 3.93. The Morgan fingerprint density at radius 2 is 2.05 bits per heavy atom. The van der Waals surface area contributed by atoms with Gasteiger partial charge in [-0.2, -0.15) is 5.10 Å². The minimum Gasteiger partial charge on any atom is -0.497 e. The van der Waals surface area contributed by atoms with Gasteiger partial charge in [-0.15, -0.1) is 0 Å². The molecule has 0 aliphatic carbocycles. The van der Waals surface area contributed by atoms with Crippen molar-refractivity contribution in [2.45, 2.75) is 13.5 Å². The molecule has 0 amide bonds. The first-order chi connectivity index (χ1) is 9.21. The lowest BCUT2D eigenvalue weighted by Crippen LogP contribution is -2.11. The van der Waals surface area contributed by atoms with Crippen LogP contribution in [0.4, 0.5) is 0 Å². The fraction of sp³-hybridized carbons (Fsp3) is 0.286. The molecule has 100 valence electrons. The molecule has 0 unspecified atom stereocenters. The molecule has 1 aromatic heterocycles. The Kier molecular flexibility index (Phi) is 3.85. The van der Waals surface area contributed by atoms with Crippen molar-refractivity contribution in [1.29, 1.82) is 0 Å². The first-order valence-electron chi connectivity index (χ1n) is 5.99. The van der Waals surface area contributed by atoms with Crippen LogP contribution < -0.4 is 9.47 Å². The zero-order chi connectivity index (χ0) is 13.8. The van der Waals surface area contributed by atoms with E-state index >= 15 is 0 Å². The Balaban J connectivity index is 2.44. The highest BCUT2D eigenvalue weighted by Gasteiger charge is 2.18. The molecule has 0 spiro atoms. The smallest absolute Gasteiger partial charge is 0.214 e. The zero-order valence-corrected chi connectivity index (χ0v) is 11.2. The Labute approximate surface area is 111 Å². The van der Waals surface area contributed by atoms with Gasteiger partial charge in [0.25, 0.3) is 0 Å². The summed E-state index contributed by atoms with van der Waals surface area (Å²) in [5.74, 6) is 1.03. The Hall–Kier alpha value is -2.30. The molecule has 1 heterocycles. The van der Waals surface area contributed by atoms with Gasteiger partial charge in [-0.25, -0.2) is 0 Å². The highest BCUT2D eigenvalue weighted by molar-refractivity contribution is 6.09. The second kappa shape index (κ2) is 5.56. The van der Waals surface area contributed by atoms with E-state index in [4.69, 9.17) is 9.47 Å². The molecule has 0 fully saturated rings. The number of ketones is 1. The van der Waals surface area contributed by atoms with Gasteiger partial charge in [0.2, 0.25) is 5.78 Å². The van der Waals surface area contributed by atoms with Gasteiger partial charge >= 0.3 is 0 Å². The summed E-state index contributed by atoms with van der Waals surface area (Å²) in [5, 5.41) is 4.10. The third kappa shape index (κ3) is 2.45. The number of methoxy groups -OCH3 is 2. The quantitative estimate of drug-likeness (QED) is 0.773. The molecule has 0 N–H and O–H groups in total. The molecule has 0 aliphatic heterocycles. The van der Waals surface area contributed by atoms with Crippen LogP contribution in [-0.4, -0.2) is 29.8 Å². The van der Waals surface area contributed by atoms with Crippen molar-refractivity contribution in [3.05, 3.63) is 41.7 Å². The summed E-state index contributed by atoms with van der Waals surface area (Å²) < 4.78 is 12.0. The van der Waals surface area contributed by atoms with Crippen molar-refractivity contribution < 1.29 is 14.3 Å². The average molecular weight is 260 g/mol. The number of hydrogen-bond acceptors (Lipinski definition) is 4. The molecule has 0 atom stereocenters. The molecule has 0 aliphatic rings. The molecular formula is C14H16N2O3. The van der Waals surface area contributed by atoms with Crippen molar-refractivity contribution in [1.82, 2.24) is 9.78 Å². The van der Waals surface area contributed by atoms with Gasteiger partial charge in [-0.3, -0.25) is 9.48 Å². The van der Waals surface area contributed by atoms with Gasteiger partial charge in [0.1, 0.15) is 17.2 Å². The van der Waals surface area contributed by atoms with Crippen LogP contribution >= 0.6 is 0 Å². The molecule has 0 saturated carbocycles. The van der Waals surface area contributed by atoms with Crippen molar-refractivity contribution in [2.24, 2.45) is 0 Å². The lowest BCUT2D eigenvalue weighted by atomic mass is 10.1. The number of rotatable bonds is 5. The summed E-state index contributed by atoms with van der Waals surface area (Å²) in [7, 11) is 3.10. The molecule has 19 heavy (non-hydrogen) atoms. The zero-order valence-electron chi connectivity index (χ0n) is 11.2.